The Morgan fingerprint density at radius 1 is 1.33 bits per heavy atom. The van der Waals surface area contributed by atoms with Gasteiger partial charge in [0.15, 0.2) is 5.12 Å². The number of rotatable bonds is 4. The maximum atomic E-state index is 10.7. The molecule has 0 amide bonds. The van der Waals surface area contributed by atoms with E-state index in [1.807, 2.05) is 18.2 Å². The molecule has 0 bridgehead atoms. The summed E-state index contributed by atoms with van der Waals surface area (Å²) in [5, 5.41) is 6.48. The first-order valence-corrected chi connectivity index (χ1v) is 5.84. The van der Waals surface area contributed by atoms with E-state index in [4.69, 9.17) is 5.41 Å². The number of carbonyl (C=O) groups excluding carboxylic acids is 1. The van der Waals surface area contributed by atoms with Crippen molar-refractivity contribution >= 4 is 21.9 Å². The second-order valence-corrected chi connectivity index (χ2v) is 4.70. The Hall–Kier alpha value is -1.09. The summed E-state index contributed by atoms with van der Waals surface area (Å²) >= 11 is 1.15. The summed E-state index contributed by atoms with van der Waals surface area (Å²) in [5.41, 5.74) is 1.32. The van der Waals surface area contributed by atoms with Crippen molar-refractivity contribution in [2.24, 2.45) is 0 Å². The topological polar surface area (TPSA) is 42.7 Å². The SMILES string of the molecule is CC(=O)SC(=[NH2+])CCCc1ccccc1. The van der Waals surface area contributed by atoms with Gasteiger partial charge >= 0.3 is 0 Å². The summed E-state index contributed by atoms with van der Waals surface area (Å²) in [6.45, 7) is 1.54. The van der Waals surface area contributed by atoms with Crippen LogP contribution in [0, 0.1) is 0 Å². The van der Waals surface area contributed by atoms with Crippen LogP contribution in [0.1, 0.15) is 25.3 Å². The molecule has 0 heterocycles. The molecule has 0 saturated carbocycles. The lowest BCUT2D eigenvalue weighted by Gasteiger charge is -1.99. The Bertz CT molecular complexity index is 335. The van der Waals surface area contributed by atoms with Crippen LogP contribution >= 0.6 is 11.8 Å². The maximum Gasteiger partial charge on any atom is 0.214 e. The molecule has 0 saturated heterocycles. The average molecular weight is 222 g/mol. The van der Waals surface area contributed by atoms with Gasteiger partial charge in [-0.05, 0) is 18.4 Å². The minimum absolute atomic E-state index is 0.0622. The molecule has 80 valence electrons. The molecule has 1 rings (SSSR count). The zero-order valence-electron chi connectivity index (χ0n) is 8.90. The highest BCUT2D eigenvalue weighted by Gasteiger charge is 2.07. The van der Waals surface area contributed by atoms with Gasteiger partial charge in [-0.1, -0.05) is 30.3 Å². The van der Waals surface area contributed by atoms with E-state index in [1.54, 1.807) is 0 Å². The van der Waals surface area contributed by atoms with Crippen LogP contribution in [0.3, 0.4) is 0 Å². The van der Waals surface area contributed by atoms with Crippen LogP contribution in [0.4, 0.5) is 0 Å². The lowest BCUT2D eigenvalue weighted by atomic mass is 10.1. The molecule has 0 aromatic heterocycles. The predicted octanol–water partition coefficient (Wildman–Crippen LogP) is 1.45. The number of aryl methyl sites for hydroxylation is 1. The number of thioether (sulfide) groups is 1. The standard InChI is InChI=1S/C12H15NOS/c1-10(14)15-12(13)9-5-8-11-6-3-2-4-7-11/h2-4,6-7,13H,5,8-9H2,1H3/p+1. The minimum Gasteiger partial charge on any atom is -0.287 e. The summed E-state index contributed by atoms with van der Waals surface area (Å²) < 4.78 is 0. The van der Waals surface area contributed by atoms with Gasteiger partial charge in [0.2, 0.25) is 5.04 Å². The van der Waals surface area contributed by atoms with Gasteiger partial charge < -0.3 is 0 Å². The molecule has 2 nitrogen and oxygen atoms in total. The summed E-state index contributed by atoms with van der Waals surface area (Å²) in [6, 6.07) is 10.3. The molecular formula is C12H16NOS+. The van der Waals surface area contributed by atoms with E-state index in [0.717, 1.165) is 36.1 Å². The molecule has 2 N–H and O–H groups in total. The third-order valence-electron chi connectivity index (χ3n) is 2.01. The van der Waals surface area contributed by atoms with Crippen LogP contribution in [-0.2, 0) is 11.2 Å². The van der Waals surface area contributed by atoms with Crippen molar-refractivity contribution in [3.05, 3.63) is 35.9 Å². The van der Waals surface area contributed by atoms with Gasteiger partial charge in [0.1, 0.15) is 0 Å². The van der Waals surface area contributed by atoms with Crippen LogP contribution in [0.2, 0.25) is 0 Å². The fourth-order valence-corrected chi connectivity index (χ4v) is 1.96. The number of hydrogen-bond acceptors (Lipinski definition) is 2. The molecule has 0 fully saturated rings. The number of carbonyl (C=O) groups is 1. The summed E-state index contributed by atoms with van der Waals surface area (Å²) in [7, 11) is 0. The third kappa shape index (κ3) is 5.37. The lowest BCUT2D eigenvalue weighted by molar-refractivity contribution is -0.112. The van der Waals surface area contributed by atoms with Gasteiger partial charge in [-0.2, -0.15) is 0 Å². The highest BCUT2D eigenvalue weighted by Crippen LogP contribution is 2.09. The first-order chi connectivity index (χ1) is 7.18. The zero-order chi connectivity index (χ0) is 11.1. The molecule has 0 radical (unpaired) electrons. The number of hydrogen-bond donors (Lipinski definition) is 1. The van der Waals surface area contributed by atoms with Crippen molar-refractivity contribution in [3.8, 4) is 0 Å². The smallest absolute Gasteiger partial charge is 0.214 e. The Labute approximate surface area is 94.6 Å². The highest BCUT2D eigenvalue weighted by atomic mass is 32.2. The van der Waals surface area contributed by atoms with Crippen molar-refractivity contribution < 1.29 is 10.2 Å². The van der Waals surface area contributed by atoms with Gasteiger partial charge in [0.25, 0.3) is 0 Å². The molecule has 0 atom stereocenters. The van der Waals surface area contributed by atoms with Gasteiger partial charge in [-0.15, -0.1) is 0 Å². The maximum absolute atomic E-state index is 10.7. The van der Waals surface area contributed by atoms with Gasteiger partial charge in [0.05, 0.1) is 0 Å². The summed E-state index contributed by atoms with van der Waals surface area (Å²) in [4.78, 5) is 10.7. The molecule has 0 spiro atoms. The largest absolute Gasteiger partial charge is 0.287 e. The molecule has 1 aromatic carbocycles. The summed E-state index contributed by atoms with van der Waals surface area (Å²) in [6.07, 6.45) is 2.81. The normalized spacial score (nSPS) is 9.93. The Morgan fingerprint density at radius 3 is 2.60 bits per heavy atom. The molecule has 1 aromatic rings. The van der Waals surface area contributed by atoms with Gasteiger partial charge in [-0.25, -0.2) is 0 Å². The average Bonchev–Trinajstić information content (AvgIpc) is 2.18. The van der Waals surface area contributed by atoms with E-state index in [2.05, 4.69) is 12.1 Å². The number of benzene rings is 1. The Kier molecular flexibility index (Phi) is 5.12. The van der Waals surface area contributed by atoms with Crippen LogP contribution in [0.25, 0.3) is 0 Å². The first kappa shape index (κ1) is 12.0. The van der Waals surface area contributed by atoms with E-state index in [1.165, 1.54) is 12.5 Å². The van der Waals surface area contributed by atoms with Crippen LogP contribution in [-0.4, -0.2) is 10.2 Å². The van der Waals surface area contributed by atoms with Crippen LogP contribution < -0.4 is 5.41 Å². The Morgan fingerprint density at radius 2 is 2.00 bits per heavy atom. The number of nitrogens with two attached hydrogens (primary N) is 1. The lowest BCUT2D eigenvalue weighted by Crippen LogP contribution is -2.38. The van der Waals surface area contributed by atoms with E-state index in [9.17, 15) is 4.79 Å². The second-order valence-electron chi connectivity index (χ2n) is 3.40. The molecule has 3 heteroatoms. The molecule has 0 unspecified atom stereocenters. The summed E-state index contributed by atoms with van der Waals surface area (Å²) in [5.74, 6) is 0. The van der Waals surface area contributed by atoms with E-state index >= 15 is 0 Å². The Balaban J connectivity index is 2.22. The van der Waals surface area contributed by atoms with Crippen molar-refractivity contribution in [3.63, 3.8) is 0 Å². The minimum atomic E-state index is 0.0622. The van der Waals surface area contributed by atoms with Crippen LogP contribution in [0.15, 0.2) is 30.3 Å². The first-order valence-electron chi connectivity index (χ1n) is 5.02. The van der Waals surface area contributed by atoms with E-state index in [0.29, 0.717) is 0 Å². The van der Waals surface area contributed by atoms with E-state index < -0.39 is 0 Å². The molecular weight excluding hydrogens is 206 g/mol. The van der Waals surface area contributed by atoms with E-state index in [-0.39, 0.29) is 5.12 Å². The van der Waals surface area contributed by atoms with Gasteiger partial charge in [-0.3, -0.25) is 10.2 Å². The molecule has 0 aliphatic rings. The fraction of sp³-hybridized carbons (Fsp3) is 0.333. The fourth-order valence-electron chi connectivity index (χ4n) is 1.35. The monoisotopic (exact) mass is 222 g/mol. The second kappa shape index (κ2) is 6.40. The molecule has 0 aliphatic heterocycles. The van der Waals surface area contributed by atoms with Crippen molar-refractivity contribution in [1.29, 1.82) is 0 Å². The van der Waals surface area contributed by atoms with Crippen molar-refractivity contribution in [2.75, 3.05) is 0 Å². The zero-order valence-corrected chi connectivity index (χ0v) is 9.72. The highest BCUT2D eigenvalue weighted by molar-refractivity contribution is 8.26. The quantitative estimate of drug-likeness (QED) is 0.619. The van der Waals surface area contributed by atoms with Crippen molar-refractivity contribution in [1.82, 2.24) is 0 Å². The van der Waals surface area contributed by atoms with Crippen LogP contribution in [0.5, 0.6) is 0 Å². The predicted molar refractivity (Wildman–Crippen MR) is 64.6 cm³/mol. The third-order valence-corrected chi connectivity index (χ3v) is 2.76. The van der Waals surface area contributed by atoms with Gasteiger partial charge in [0, 0.05) is 25.1 Å². The molecule has 0 aliphatic carbocycles. The molecule has 15 heavy (non-hydrogen) atoms. The van der Waals surface area contributed by atoms with Crippen molar-refractivity contribution in [2.45, 2.75) is 26.2 Å².